The van der Waals surface area contributed by atoms with Crippen LogP contribution in [-0.2, 0) is 14.3 Å². The fourth-order valence-electron chi connectivity index (χ4n) is 9.69. The van der Waals surface area contributed by atoms with E-state index in [2.05, 4.69) is 40.7 Å². The predicted octanol–water partition coefficient (Wildman–Crippen LogP) is 9.09. The van der Waals surface area contributed by atoms with E-state index in [-0.39, 0.29) is 12.1 Å². The van der Waals surface area contributed by atoms with Crippen molar-refractivity contribution in [2.75, 3.05) is 0 Å². The lowest BCUT2D eigenvalue weighted by atomic mass is 9.47. The Morgan fingerprint density at radius 2 is 1.89 bits per heavy atom. The standard InChI is InChI=1S/C34H56O3/c1-6-25(24(2)3)11-10-12-26-15-17-30-29-16-14-27-23-28(37-32(36)13-8-7-9-22-35)18-20-34(27,5)31(29)19-21-33(26,30)4/h14,22,24-26,28-31H,6-13,15-21,23H2,1-5H3. The molecule has 0 saturated heterocycles. The summed E-state index contributed by atoms with van der Waals surface area (Å²) in [4.78, 5) is 22.9. The average Bonchev–Trinajstić information content (AvgIpc) is 3.20. The first kappa shape index (κ1) is 28.9. The number of esters is 1. The zero-order chi connectivity index (χ0) is 26.6. The first-order chi connectivity index (χ1) is 17.7. The number of fused-ring (bicyclic) bond motifs is 5. The molecule has 4 rings (SSSR count). The molecular weight excluding hydrogens is 456 g/mol. The summed E-state index contributed by atoms with van der Waals surface area (Å²) in [6.07, 6.45) is 21.9. The van der Waals surface area contributed by atoms with E-state index in [1.54, 1.807) is 5.57 Å². The number of unbranched alkanes of at least 4 members (excludes halogenated alkanes) is 2. The lowest BCUT2D eigenvalue weighted by Crippen LogP contribution is -2.50. The van der Waals surface area contributed by atoms with Gasteiger partial charge in [-0.3, -0.25) is 4.79 Å². The lowest BCUT2D eigenvalue weighted by molar-refractivity contribution is -0.151. The lowest BCUT2D eigenvalue weighted by Gasteiger charge is -2.58. The maximum Gasteiger partial charge on any atom is 0.306 e. The summed E-state index contributed by atoms with van der Waals surface area (Å²) in [6.45, 7) is 12.4. The van der Waals surface area contributed by atoms with Crippen molar-refractivity contribution in [3.63, 3.8) is 0 Å². The molecule has 3 heteroatoms. The first-order valence-corrected chi connectivity index (χ1v) is 16.1. The molecule has 3 nitrogen and oxygen atoms in total. The molecular formula is C34H56O3. The summed E-state index contributed by atoms with van der Waals surface area (Å²) >= 11 is 0. The largest absolute Gasteiger partial charge is 0.462 e. The number of carbonyl (C=O) groups excluding carboxylic acids is 2. The van der Waals surface area contributed by atoms with Crippen molar-refractivity contribution in [1.29, 1.82) is 0 Å². The number of rotatable bonds is 12. The van der Waals surface area contributed by atoms with Crippen molar-refractivity contribution in [2.24, 2.45) is 46.3 Å². The summed E-state index contributed by atoms with van der Waals surface area (Å²) < 4.78 is 5.91. The molecule has 0 spiro atoms. The minimum Gasteiger partial charge on any atom is -0.462 e. The summed E-state index contributed by atoms with van der Waals surface area (Å²) in [5, 5.41) is 0. The maximum absolute atomic E-state index is 12.4. The Morgan fingerprint density at radius 1 is 1.08 bits per heavy atom. The quantitative estimate of drug-likeness (QED) is 0.113. The van der Waals surface area contributed by atoms with Crippen LogP contribution in [0.25, 0.3) is 0 Å². The van der Waals surface area contributed by atoms with E-state index >= 15 is 0 Å². The van der Waals surface area contributed by atoms with E-state index in [0.29, 0.717) is 23.7 Å². The zero-order valence-electron chi connectivity index (χ0n) is 24.7. The molecule has 37 heavy (non-hydrogen) atoms. The van der Waals surface area contributed by atoms with Crippen LogP contribution >= 0.6 is 0 Å². The van der Waals surface area contributed by atoms with Gasteiger partial charge in [0.2, 0.25) is 0 Å². The number of hydrogen-bond donors (Lipinski definition) is 0. The molecule has 0 aliphatic heterocycles. The van der Waals surface area contributed by atoms with Gasteiger partial charge in [-0.1, -0.05) is 65.5 Å². The highest BCUT2D eigenvalue weighted by Gasteiger charge is 2.58. The number of ether oxygens (including phenoxy) is 1. The number of allylic oxidation sites excluding steroid dienone is 1. The molecule has 0 N–H and O–H groups in total. The van der Waals surface area contributed by atoms with Gasteiger partial charge in [0.1, 0.15) is 12.4 Å². The Kier molecular flexibility index (Phi) is 9.66. The third-order valence-electron chi connectivity index (χ3n) is 12.1. The first-order valence-electron chi connectivity index (χ1n) is 16.1. The monoisotopic (exact) mass is 512 g/mol. The summed E-state index contributed by atoms with van der Waals surface area (Å²) in [5.41, 5.74) is 2.45. The maximum atomic E-state index is 12.4. The number of hydrogen-bond acceptors (Lipinski definition) is 3. The van der Waals surface area contributed by atoms with E-state index in [4.69, 9.17) is 4.74 Å². The topological polar surface area (TPSA) is 43.4 Å². The predicted molar refractivity (Wildman–Crippen MR) is 152 cm³/mol. The van der Waals surface area contributed by atoms with E-state index in [1.165, 1.54) is 64.2 Å². The highest BCUT2D eigenvalue weighted by molar-refractivity contribution is 5.69. The van der Waals surface area contributed by atoms with Gasteiger partial charge in [-0.25, -0.2) is 0 Å². The van der Waals surface area contributed by atoms with Gasteiger partial charge in [0.15, 0.2) is 0 Å². The normalized spacial score (nSPS) is 37.8. The average molecular weight is 513 g/mol. The Morgan fingerprint density at radius 3 is 2.62 bits per heavy atom. The SMILES string of the molecule is CCC(CCCC1CCC2C3CC=C4CC(OC(=O)CCCCC=O)CCC4(C)C3CCC12C)C(C)C. The molecule has 4 aliphatic rings. The molecule has 0 heterocycles. The Hall–Kier alpha value is -1.12. The van der Waals surface area contributed by atoms with Crippen LogP contribution < -0.4 is 0 Å². The third-order valence-corrected chi connectivity index (χ3v) is 12.1. The van der Waals surface area contributed by atoms with Crippen LogP contribution in [0.3, 0.4) is 0 Å². The van der Waals surface area contributed by atoms with Gasteiger partial charge in [-0.15, -0.1) is 0 Å². The van der Waals surface area contributed by atoms with Gasteiger partial charge < -0.3 is 9.53 Å². The van der Waals surface area contributed by atoms with Crippen molar-refractivity contribution in [3.8, 4) is 0 Å². The van der Waals surface area contributed by atoms with Crippen LogP contribution in [0.15, 0.2) is 11.6 Å². The fourth-order valence-corrected chi connectivity index (χ4v) is 9.69. The van der Waals surface area contributed by atoms with Crippen LogP contribution in [0.1, 0.15) is 137 Å². The summed E-state index contributed by atoms with van der Waals surface area (Å²) in [6, 6.07) is 0. The van der Waals surface area contributed by atoms with Gasteiger partial charge in [0, 0.05) is 19.3 Å². The molecule has 3 saturated carbocycles. The molecule has 0 aromatic carbocycles. The van der Waals surface area contributed by atoms with Gasteiger partial charge in [0.25, 0.3) is 0 Å². The van der Waals surface area contributed by atoms with Crippen molar-refractivity contribution in [2.45, 2.75) is 143 Å². The smallest absolute Gasteiger partial charge is 0.306 e. The Balaban J connectivity index is 1.34. The van der Waals surface area contributed by atoms with Crippen molar-refractivity contribution in [3.05, 3.63) is 11.6 Å². The highest BCUT2D eigenvalue weighted by Crippen LogP contribution is 2.66. The minimum atomic E-state index is -0.0714. The molecule has 210 valence electrons. The van der Waals surface area contributed by atoms with E-state index < -0.39 is 0 Å². The molecule has 8 atom stereocenters. The molecule has 4 aliphatic carbocycles. The molecule has 0 bridgehead atoms. The molecule has 0 aromatic heterocycles. The fraction of sp³-hybridized carbons (Fsp3) is 0.882. The highest BCUT2D eigenvalue weighted by atomic mass is 16.5. The van der Waals surface area contributed by atoms with Crippen molar-refractivity contribution >= 4 is 12.3 Å². The van der Waals surface area contributed by atoms with Gasteiger partial charge in [-0.2, -0.15) is 0 Å². The van der Waals surface area contributed by atoms with Crippen molar-refractivity contribution < 1.29 is 14.3 Å². The second-order valence-electron chi connectivity index (χ2n) is 14.2. The van der Waals surface area contributed by atoms with Crippen LogP contribution in [0, 0.1) is 46.3 Å². The summed E-state index contributed by atoms with van der Waals surface area (Å²) in [7, 11) is 0. The number of aldehydes is 1. The van der Waals surface area contributed by atoms with E-state index in [9.17, 15) is 9.59 Å². The molecule has 0 aromatic rings. The third kappa shape index (κ3) is 6.06. The van der Waals surface area contributed by atoms with Gasteiger partial charge in [0.05, 0.1) is 0 Å². The van der Waals surface area contributed by atoms with E-state index in [0.717, 1.165) is 67.5 Å². The molecule has 0 radical (unpaired) electrons. The van der Waals surface area contributed by atoms with E-state index in [1.807, 2.05) is 0 Å². The second-order valence-corrected chi connectivity index (χ2v) is 14.2. The zero-order valence-corrected chi connectivity index (χ0v) is 24.7. The van der Waals surface area contributed by atoms with Crippen LogP contribution in [0.5, 0.6) is 0 Å². The van der Waals surface area contributed by atoms with Crippen LogP contribution in [0.2, 0.25) is 0 Å². The van der Waals surface area contributed by atoms with Crippen LogP contribution in [-0.4, -0.2) is 18.4 Å². The van der Waals surface area contributed by atoms with Crippen molar-refractivity contribution in [1.82, 2.24) is 0 Å². The Bertz CT molecular complexity index is 814. The number of carbonyl (C=O) groups is 2. The van der Waals surface area contributed by atoms with Gasteiger partial charge >= 0.3 is 5.97 Å². The molecule has 3 fully saturated rings. The minimum absolute atomic E-state index is 0.0527. The summed E-state index contributed by atoms with van der Waals surface area (Å²) in [5.74, 6) is 5.16. The van der Waals surface area contributed by atoms with Gasteiger partial charge in [-0.05, 0) is 111 Å². The second kappa shape index (κ2) is 12.4. The van der Waals surface area contributed by atoms with Crippen LogP contribution in [0.4, 0.5) is 0 Å². The molecule has 8 unspecified atom stereocenters. The molecule has 0 amide bonds. The Labute approximate surface area is 228 Å².